The number of ether oxygens (including phenoxy) is 3. The number of nitrogens with one attached hydrogen (secondary N) is 1. The number of morpholine rings is 1. The molecule has 158 valence electrons. The highest BCUT2D eigenvalue weighted by Crippen LogP contribution is 2.34. The Hall–Kier alpha value is -1.57. The van der Waals surface area contributed by atoms with E-state index in [0.717, 1.165) is 45.0 Å². The highest BCUT2D eigenvalue weighted by molar-refractivity contribution is 6.31. The topological polar surface area (TPSA) is 43.0 Å². The van der Waals surface area contributed by atoms with E-state index in [9.17, 15) is 4.39 Å². The van der Waals surface area contributed by atoms with Crippen molar-refractivity contribution in [3.8, 4) is 11.5 Å². The van der Waals surface area contributed by atoms with Crippen molar-refractivity contribution in [2.24, 2.45) is 0 Å². The van der Waals surface area contributed by atoms with E-state index in [2.05, 4.69) is 10.2 Å². The van der Waals surface area contributed by atoms with Gasteiger partial charge >= 0.3 is 0 Å². The summed E-state index contributed by atoms with van der Waals surface area (Å²) in [6.07, 6.45) is 0. The minimum absolute atomic E-state index is 0.183. The van der Waals surface area contributed by atoms with Crippen LogP contribution in [0, 0.1) is 5.82 Å². The number of benzene rings is 2. The van der Waals surface area contributed by atoms with Crippen LogP contribution in [0.25, 0.3) is 0 Å². The zero-order chi connectivity index (χ0) is 20.6. The second-order valence-electron chi connectivity index (χ2n) is 6.75. The van der Waals surface area contributed by atoms with Crippen LogP contribution in [0.2, 0.25) is 10.0 Å². The van der Waals surface area contributed by atoms with Crippen LogP contribution in [0.3, 0.4) is 0 Å². The maximum Gasteiger partial charge on any atom is 0.163 e. The lowest BCUT2D eigenvalue weighted by Gasteiger charge is -2.26. The molecule has 1 N–H and O–H groups in total. The molecule has 0 bridgehead atoms. The SMILES string of the molecule is COc1cc(CNCCN2CCOCC2)c(Cl)cc1OCc1ccc(F)cc1Cl. The van der Waals surface area contributed by atoms with Crippen molar-refractivity contribution in [1.29, 1.82) is 0 Å². The van der Waals surface area contributed by atoms with Crippen LogP contribution in [0.4, 0.5) is 4.39 Å². The molecule has 1 fully saturated rings. The van der Waals surface area contributed by atoms with Crippen LogP contribution < -0.4 is 14.8 Å². The first-order valence-electron chi connectivity index (χ1n) is 9.51. The molecule has 0 spiro atoms. The van der Waals surface area contributed by atoms with Gasteiger partial charge in [-0.05, 0) is 23.8 Å². The largest absolute Gasteiger partial charge is 0.493 e. The van der Waals surface area contributed by atoms with Gasteiger partial charge in [0, 0.05) is 49.4 Å². The first kappa shape index (κ1) is 22.1. The van der Waals surface area contributed by atoms with E-state index in [1.807, 2.05) is 6.07 Å². The van der Waals surface area contributed by atoms with Gasteiger partial charge in [-0.25, -0.2) is 4.39 Å². The molecule has 1 saturated heterocycles. The Kier molecular flexibility index (Phi) is 8.39. The fourth-order valence-electron chi connectivity index (χ4n) is 3.06. The second kappa shape index (κ2) is 11.0. The Balaban J connectivity index is 1.56. The fourth-order valence-corrected chi connectivity index (χ4v) is 3.51. The predicted octanol–water partition coefficient (Wildman–Crippen LogP) is 4.14. The summed E-state index contributed by atoms with van der Waals surface area (Å²) in [5.74, 6) is 0.706. The van der Waals surface area contributed by atoms with E-state index in [1.54, 1.807) is 19.2 Å². The zero-order valence-electron chi connectivity index (χ0n) is 16.3. The van der Waals surface area contributed by atoms with E-state index in [1.165, 1.54) is 12.1 Å². The molecule has 0 atom stereocenters. The molecule has 0 radical (unpaired) electrons. The summed E-state index contributed by atoms with van der Waals surface area (Å²) < 4.78 is 29.8. The van der Waals surface area contributed by atoms with Gasteiger partial charge in [0.25, 0.3) is 0 Å². The van der Waals surface area contributed by atoms with Gasteiger partial charge in [-0.3, -0.25) is 4.90 Å². The molecule has 0 aromatic heterocycles. The standard InChI is InChI=1S/C21H25Cl2FN2O3/c1-27-20-10-16(13-25-4-5-26-6-8-28-9-7-26)19(23)12-21(20)29-14-15-2-3-17(24)11-18(15)22/h2-3,10-12,25H,4-9,13-14H2,1H3. The Labute approximate surface area is 180 Å². The van der Waals surface area contributed by atoms with Gasteiger partial charge in [0.1, 0.15) is 12.4 Å². The van der Waals surface area contributed by atoms with Gasteiger partial charge in [0.15, 0.2) is 11.5 Å². The number of hydrogen-bond acceptors (Lipinski definition) is 5. The summed E-state index contributed by atoms with van der Waals surface area (Å²) in [5, 5.41) is 4.32. The monoisotopic (exact) mass is 442 g/mol. The van der Waals surface area contributed by atoms with Crippen molar-refractivity contribution < 1.29 is 18.6 Å². The molecule has 29 heavy (non-hydrogen) atoms. The van der Waals surface area contributed by atoms with Crippen LogP contribution in [-0.4, -0.2) is 51.4 Å². The van der Waals surface area contributed by atoms with Crippen molar-refractivity contribution in [2.75, 3.05) is 46.5 Å². The van der Waals surface area contributed by atoms with Gasteiger partial charge in [-0.2, -0.15) is 0 Å². The van der Waals surface area contributed by atoms with Crippen molar-refractivity contribution in [3.05, 3.63) is 57.3 Å². The third-order valence-corrected chi connectivity index (χ3v) is 5.46. The molecule has 1 aliphatic heterocycles. The summed E-state index contributed by atoms with van der Waals surface area (Å²) in [7, 11) is 1.58. The normalized spacial score (nSPS) is 14.8. The molecule has 2 aromatic rings. The molecule has 0 saturated carbocycles. The molecule has 0 amide bonds. The Bertz CT molecular complexity index is 817. The maximum atomic E-state index is 13.2. The van der Waals surface area contributed by atoms with Crippen LogP contribution in [0.15, 0.2) is 30.3 Å². The van der Waals surface area contributed by atoms with Crippen LogP contribution in [0.1, 0.15) is 11.1 Å². The summed E-state index contributed by atoms with van der Waals surface area (Å²) in [5.41, 5.74) is 1.61. The molecule has 0 aliphatic carbocycles. The minimum Gasteiger partial charge on any atom is -0.493 e. The molecular weight excluding hydrogens is 418 g/mol. The highest BCUT2D eigenvalue weighted by Gasteiger charge is 2.13. The van der Waals surface area contributed by atoms with Gasteiger partial charge in [-0.1, -0.05) is 29.3 Å². The van der Waals surface area contributed by atoms with Gasteiger partial charge in [-0.15, -0.1) is 0 Å². The Morgan fingerprint density at radius 1 is 1.07 bits per heavy atom. The van der Waals surface area contributed by atoms with E-state index >= 15 is 0 Å². The first-order chi connectivity index (χ1) is 14.1. The van der Waals surface area contributed by atoms with E-state index < -0.39 is 0 Å². The molecular formula is C21H25Cl2FN2O3. The average Bonchev–Trinajstić information content (AvgIpc) is 2.72. The quantitative estimate of drug-likeness (QED) is 0.591. The summed E-state index contributed by atoms with van der Waals surface area (Å²) >= 11 is 12.5. The molecule has 8 heteroatoms. The Morgan fingerprint density at radius 3 is 2.55 bits per heavy atom. The highest BCUT2D eigenvalue weighted by atomic mass is 35.5. The van der Waals surface area contributed by atoms with Crippen LogP contribution in [0.5, 0.6) is 11.5 Å². The van der Waals surface area contributed by atoms with Gasteiger partial charge < -0.3 is 19.5 Å². The second-order valence-corrected chi connectivity index (χ2v) is 7.56. The predicted molar refractivity (Wildman–Crippen MR) is 113 cm³/mol. The lowest BCUT2D eigenvalue weighted by atomic mass is 10.2. The van der Waals surface area contributed by atoms with Crippen LogP contribution >= 0.6 is 23.2 Å². The van der Waals surface area contributed by atoms with Gasteiger partial charge in [0.2, 0.25) is 0 Å². The Morgan fingerprint density at radius 2 is 1.83 bits per heavy atom. The zero-order valence-corrected chi connectivity index (χ0v) is 17.9. The smallest absolute Gasteiger partial charge is 0.163 e. The number of rotatable bonds is 9. The molecule has 1 heterocycles. The average molecular weight is 443 g/mol. The van der Waals surface area contributed by atoms with E-state index in [4.69, 9.17) is 37.4 Å². The van der Waals surface area contributed by atoms with E-state index in [0.29, 0.717) is 33.7 Å². The summed E-state index contributed by atoms with van der Waals surface area (Å²) in [6, 6.07) is 7.80. The molecule has 3 rings (SSSR count). The van der Waals surface area contributed by atoms with Gasteiger partial charge in [0.05, 0.1) is 25.3 Å². The maximum absolute atomic E-state index is 13.2. The minimum atomic E-state index is -0.384. The van der Waals surface area contributed by atoms with Crippen LogP contribution in [-0.2, 0) is 17.9 Å². The van der Waals surface area contributed by atoms with Crippen molar-refractivity contribution in [3.63, 3.8) is 0 Å². The molecule has 5 nitrogen and oxygen atoms in total. The number of nitrogens with zero attached hydrogens (tertiary/aromatic N) is 1. The lowest BCUT2D eigenvalue weighted by molar-refractivity contribution is 0.0384. The number of methoxy groups -OCH3 is 1. The summed E-state index contributed by atoms with van der Waals surface area (Å²) in [4.78, 5) is 2.37. The molecule has 2 aromatic carbocycles. The summed E-state index contributed by atoms with van der Waals surface area (Å²) in [6.45, 7) is 6.19. The first-order valence-corrected chi connectivity index (χ1v) is 10.3. The number of hydrogen-bond donors (Lipinski definition) is 1. The third kappa shape index (κ3) is 6.46. The molecule has 0 unspecified atom stereocenters. The molecule has 1 aliphatic rings. The third-order valence-electron chi connectivity index (χ3n) is 4.75. The van der Waals surface area contributed by atoms with Crippen molar-refractivity contribution in [2.45, 2.75) is 13.2 Å². The fraction of sp³-hybridized carbons (Fsp3) is 0.429. The van der Waals surface area contributed by atoms with Crippen molar-refractivity contribution in [1.82, 2.24) is 10.2 Å². The van der Waals surface area contributed by atoms with Crippen molar-refractivity contribution >= 4 is 23.2 Å². The van der Waals surface area contributed by atoms with E-state index in [-0.39, 0.29) is 12.4 Å². The lowest BCUT2D eigenvalue weighted by Crippen LogP contribution is -2.40. The number of halogens is 3.